The number of allylic oxidation sites excluding steroid dienone is 2. The second kappa shape index (κ2) is 12.9. The lowest BCUT2D eigenvalue weighted by Crippen LogP contribution is -2.46. The number of halogens is 2. The minimum absolute atomic E-state index is 0.00739. The Morgan fingerprint density at radius 3 is 2.32 bits per heavy atom. The molecule has 0 amide bonds. The van der Waals surface area contributed by atoms with Crippen LogP contribution in [-0.2, 0) is 23.9 Å². The fourth-order valence-electron chi connectivity index (χ4n) is 6.03. The van der Waals surface area contributed by atoms with Crippen LogP contribution < -0.4 is 15.4 Å². The highest BCUT2D eigenvalue weighted by molar-refractivity contribution is 6.30. The number of hydrogen-bond donors (Lipinski definition) is 1. The van der Waals surface area contributed by atoms with Crippen molar-refractivity contribution < 1.29 is 33.0 Å². The van der Waals surface area contributed by atoms with Crippen LogP contribution in [0.5, 0.6) is 5.75 Å². The Labute approximate surface area is 259 Å². The molecule has 1 aliphatic carbocycles. The Bertz CT molecular complexity index is 1670. The molecule has 0 bridgehead atoms. The predicted octanol–water partition coefficient (Wildman–Crippen LogP) is 6.01. The fraction of sp³-hybridized carbons (Fsp3) is 0.265. The number of Topliss-reactive ketones (excluding diaryl/α,β-unsaturated/α-hetero) is 1. The van der Waals surface area contributed by atoms with E-state index >= 15 is 0 Å². The van der Waals surface area contributed by atoms with Crippen LogP contribution in [0, 0.1) is 11.7 Å². The zero-order chi connectivity index (χ0) is 31.5. The normalized spacial score (nSPS) is 19.9. The highest BCUT2D eigenvalue weighted by Gasteiger charge is 2.51. The molecule has 0 saturated carbocycles. The smallest absolute Gasteiger partial charge is 0.338 e. The summed E-state index contributed by atoms with van der Waals surface area (Å²) in [6, 6.07) is 19.5. The largest absolute Gasteiger partial charge is 0.497 e. The molecule has 3 aromatic carbocycles. The molecule has 0 aromatic heterocycles. The monoisotopic (exact) mass is 618 g/mol. The molecule has 0 radical (unpaired) electrons. The lowest BCUT2D eigenvalue weighted by Gasteiger charge is -2.44. The molecule has 2 aliphatic rings. The van der Waals surface area contributed by atoms with Gasteiger partial charge in [-0.05, 0) is 79.9 Å². The standard InChI is InChI=1S/C34H32ClFN2O6/c1-4-43-33(40)28-25(19-8-7-11-24(17-19)42-3)18-26-29(31(28)39)27(20-9-6-10-21(35)16-20)30(34(41)44-5-2)32(37)38(26)23-14-12-22(36)13-15-23/h6-17,25,27-28H,4-5,18,37H2,1-3H3/t25-,27-,28-/m0/s1. The van der Waals surface area contributed by atoms with Gasteiger partial charge in [0.25, 0.3) is 0 Å². The summed E-state index contributed by atoms with van der Waals surface area (Å²) >= 11 is 6.40. The molecule has 1 aliphatic heterocycles. The number of hydrogen-bond acceptors (Lipinski definition) is 8. The van der Waals surface area contributed by atoms with E-state index in [4.69, 9.17) is 31.5 Å². The van der Waals surface area contributed by atoms with Crippen molar-refractivity contribution in [2.45, 2.75) is 32.1 Å². The van der Waals surface area contributed by atoms with Crippen molar-refractivity contribution in [1.82, 2.24) is 0 Å². The third-order valence-corrected chi connectivity index (χ3v) is 8.10. The third kappa shape index (κ3) is 5.67. The predicted molar refractivity (Wildman–Crippen MR) is 163 cm³/mol. The second-order valence-corrected chi connectivity index (χ2v) is 10.8. The van der Waals surface area contributed by atoms with Gasteiger partial charge in [0, 0.05) is 27.9 Å². The van der Waals surface area contributed by atoms with Crippen LogP contribution >= 0.6 is 11.6 Å². The highest BCUT2D eigenvalue weighted by Crippen LogP contribution is 2.52. The zero-order valence-electron chi connectivity index (χ0n) is 24.5. The number of carbonyl (C=O) groups is 3. The molecular weight excluding hydrogens is 587 g/mol. The highest BCUT2D eigenvalue weighted by atomic mass is 35.5. The molecule has 0 fully saturated rings. The lowest BCUT2D eigenvalue weighted by molar-refractivity contribution is -0.152. The van der Waals surface area contributed by atoms with E-state index in [1.165, 1.54) is 31.4 Å². The number of carbonyl (C=O) groups excluding carboxylic acids is 3. The van der Waals surface area contributed by atoms with Gasteiger partial charge in [0.1, 0.15) is 23.3 Å². The molecule has 44 heavy (non-hydrogen) atoms. The zero-order valence-corrected chi connectivity index (χ0v) is 25.3. The number of methoxy groups -OCH3 is 1. The number of rotatable bonds is 8. The van der Waals surface area contributed by atoms with Crippen LogP contribution in [-0.4, -0.2) is 38.0 Å². The van der Waals surface area contributed by atoms with Crippen LogP contribution in [0.4, 0.5) is 10.1 Å². The van der Waals surface area contributed by atoms with Gasteiger partial charge in [-0.15, -0.1) is 0 Å². The minimum Gasteiger partial charge on any atom is -0.497 e. The number of nitrogens with zero attached hydrogens (tertiary/aromatic N) is 1. The molecule has 5 rings (SSSR count). The van der Waals surface area contributed by atoms with Crippen molar-refractivity contribution >= 4 is 35.0 Å². The topological polar surface area (TPSA) is 108 Å². The maximum Gasteiger partial charge on any atom is 0.338 e. The minimum atomic E-state index is -1.24. The summed E-state index contributed by atoms with van der Waals surface area (Å²) < 4.78 is 30.4. The summed E-state index contributed by atoms with van der Waals surface area (Å²) in [4.78, 5) is 43.6. The maximum atomic E-state index is 14.8. The number of nitrogens with two attached hydrogens (primary N) is 1. The number of esters is 2. The van der Waals surface area contributed by atoms with Crippen LogP contribution in [0.3, 0.4) is 0 Å². The summed E-state index contributed by atoms with van der Waals surface area (Å²) in [5.74, 6) is -4.75. The SMILES string of the molecule is CCOC(=O)C1=C(N)N(c2ccc(F)cc2)C2=C(C(=O)[C@@H](C(=O)OCC)[C@H](c3cccc(OC)c3)C2)[C@@H]1c1cccc(Cl)c1. The van der Waals surface area contributed by atoms with Gasteiger partial charge in [-0.1, -0.05) is 35.9 Å². The van der Waals surface area contributed by atoms with E-state index in [0.29, 0.717) is 33.3 Å². The average Bonchev–Trinajstić information content (AvgIpc) is 3.01. The molecule has 228 valence electrons. The average molecular weight is 619 g/mol. The molecule has 0 spiro atoms. The van der Waals surface area contributed by atoms with Gasteiger partial charge in [0.05, 0.1) is 31.8 Å². The summed E-state index contributed by atoms with van der Waals surface area (Å²) in [5, 5.41) is 0.381. The van der Waals surface area contributed by atoms with Crippen LogP contribution in [0.1, 0.15) is 43.2 Å². The lowest BCUT2D eigenvalue weighted by atomic mass is 9.67. The number of ether oxygens (including phenoxy) is 3. The Hall–Kier alpha value is -4.63. The van der Waals surface area contributed by atoms with Crippen molar-refractivity contribution in [3.8, 4) is 5.75 Å². The maximum absolute atomic E-state index is 14.8. The Balaban J connectivity index is 1.82. The third-order valence-electron chi connectivity index (χ3n) is 7.86. The molecule has 3 atom stereocenters. The number of benzene rings is 3. The molecular formula is C34H32ClFN2O6. The van der Waals surface area contributed by atoms with Gasteiger partial charge in [-0.3, -0.25) is 14.5 Å². The van der Waals surface area contributed by atoms with E-state index in [-0.39, 0.29) is 36.6 Å². The summed E-state index contributed by atoms with van der Waals surface area (Å²) in [5.41, 5.74) is 9.12. The Morgan fingerprint density at radius 1 is 0.977 bits per heavy atom. The first-order chi connectivity index (χ1) is 21.2. The van der Waals surface area contributed by atoms with E-state index in [9.17, 15) is 18.8 Å². The first-order valence-corrected chi connectivity index (χ1v) is 14.6. The van der Waals surface area contributed by atoms with Crippen LogP contribution in [0.2, 0.25) is 5.02 Å². The molecule has 0 saturated heterocycles. The summed E-state index contributed by atoms with van der Waals surface area (Å²) in [6.45, 7) is 3.46. The Morgan fingerprint density at radius 2 is 1.66 bits per heavy atom. The van der Waals surface area contributed by atoms with Gasteiger partial charge >= 0.3 is 11.9 Å². The van der Waals surface area contributed by atoms with Gasteiger partial charge in [-0.2, -0.15) is 0 Å². The van der Waals surface area contributed by atoms with E-state index in [1.54, 1.807) is 61.2 Å². The van der Waals surface area contributed by atoms with Crippen LogP contribution in [0.25, 0.3) is 0 Å². The summed E-state index contributed by atoms with van der Waals surface area (Å²) in [6.07, 6.45) is 0.156. The van der Waals surface area contributed by atoms with Crippen molar-refractivity contribution in [3.05, 3.63) is 117 Å². The first-order valence-electron chi connectivity index (χ1n) is 14.3. The molecule has 10 heteroatoms. The van der Waals surface area contributed by atoms with Gasteiger partial charge in [0.15, 0.2) is 5.78 Å². The second-order valence-electron chi connectivity index (χ2n) is 10.4. The van der Waals surface area contributed by atoms with Crippen molar-refractivity contribution in [2.24, 2.45) is 11.7 Å². The van der Waals surface area contributed by atoms with Crippen LogP contribution in [0.15, 0.2) is 95.5 Å². The molecule has 1 heterocycles. The van der Waals surface area contributed by atoms with E-state index in [2.05, 4.69) is 0 Å². The summed E-state index contributed by atoms with van der Waals surface area (Å²) in [7, 11) is 1.53. The van der Waals surface area contributed by atoms with Gasteiger partial charge in [0.2, 0.25) is 0 Å². The number of ketones is 1. The Kier molecular flexibility index (Phi) is 9.06. The number of anilines is 1. The first kappa shape index (κ1) is 30.8. The molecule has 3 aromatic rings. The van der Waals surface area contributed by atoms with Crippen molar-refractivity contribution in [1.29, 1.82) is 0 Å². The molecule has 2 N–H and O–H groups in total. The quantitative estimate of drug-likeness (QED) is 0.241. The van der Waals surface area contributed by atoms with E-state index in [0.717, 1.165) is 0 Å². The molecule has 0 unspecified atom stereocenters. The van der Waals surface area contributed by atoms with Gasteiger partial charge in [-0.25, -0.2) is 9.18 Å². The molecule has 8 nitrogen and oxygen atoms in total. The fourth-order valence-corrected chi connectivity index (χ4v) is 6.23. The van der Waals surface area contributed by atoms with E-state index < -0.39 is 41.3 Å². The van der Waals surface area contributed by atoms with Crippen molar-refractivity contribution in [3.63, 3.8) is 0 Å². The van der Waals surface area contributed by atoms with Crippen molar-refractivity contribution in [2.75, 3.05) is 25.2 Å². The van der Waals surface area contributed by atoms with E-state index in [1.807, 2.05) is 6.07 Å². The van der Waals surface area contributed by atoms with Gasteiger partial charge < -0.3 is 19.9 Å².